The number of phenolic OH excluding ortho intramolecular Hbond substituents is 1. The Hall–Kier alpha value is -0.850. The van der Waals surface area contributed by atoms with Crippen LogP contribution in [-0.4, -0.2) is 22.4 Å². The van der Waals surface area contributed by atoms with E-state index in [4.69, 9.17) is 17.0 Å². The Morgan fingerprint density at radius 3 is 2.36 bits per heavy atom. The van der Waals surface area contributed by atoms with E-state index < -0.39 is 0 Å². The minimum Gasteiger partial charge on any atom is -0.506 e. The number of nitrogens with zero attached hydrogens (tertiary/aromatic N) is 1. The number of methoxy groups -OCH3 is 1. The van der Waals surface area contributed by atoms with E-state index in [9.17, 15) is 9.90 Å². The quantitative estimate of drug-likeness (QED) is 0.307. The second kappa shape index (κ2) is 7.80. The smallest absolute Gasteiger partial charge is 0.270 e. The van der Waals surface area contributed by atoms with Crippen molar-refractivity contribution in [2.75, 3.05) is 12.0 Å². The van der Waals surface area contributed by atoms with E-state index in [-0.39, 0.29) is 11.7 Å². The Bertz CT molecular complexity index is 874. The van der Waals surface area contributed by atoms with E-state index in [1.54, 1.807) is 37.5 Å². The van der Waals surface area contributed by atoms with Crippen molar-refractivity contribution >= 4 is 91.2 Å². The van der Waals surface area contributed by atoms with Crippen LogP contribution in [0.4, 0.5) is 5.69 Å². The third kappa shape index (κ3) is 3.96. The third-order valence-corrected chi connectivity index (χ3v) is 6.41. The van der Waals surface area contributed by atoms with Gasteiger partial charge in [-0.25, -0.2) is 0 Å². The molecular formula is C17H11I2NO3S2. The molecule has 1 heterocycles. The van der Waals surface area contributed by atoms with Crippen LogP contribution in [0.3, 0.4) is 0 Å². The van der Waals surface area contributed by atoms with Crippen LogP contribution in [0, 0.1) is 7.14 Å². The number of thiocarbonyl (C=S) groups is 1. The number of amides is 1. The lowest BCUT2D eigenvalue weighted by atomic mass is 10.2. The zero-order valence-corrected chi connectivity index (χ0v) is 18.8. The maximum Gasteiger partial charge on any atom is 0.270 e. The zero-order chi connectivity index (χ0) is 18.1. The SMILES string of the molecule is COc1ccc(N2C(=O)/C(=C/c3cc(I)c(O)c(I)c3)SC2=S)cc1. The van der Waals surface area contributed by atoms with Crippen molar-refractivity contribution < 1.29 is 14.6 Å². The summed E-state index contributed by atoms with van der Waals surface area (Å²) in [6.07, 6.45) is 1.80. The third-order valence-electron chi connectivity index (χ3n) is 3.46. The molecule has 0 bridgehead atoms. The van der Waals surface area contributed by atoms with Gasteiger partial charge in [0, 0.05) is 0 Å². The fourth-order valence-corrected chi connectivity index (χ4v) is 5.36. The topological polar surface area (TPSA) is 49.8 Å². The average molecular weight is 595 g/mol. The molecule has 0 unspecified atom stereocenters. The van der Waals surface area contributed by atoms with Crippen LogP contribution in [0.1, 0.15) is 5.56 Å². The summed E-state index contributed by atoms with van der Waals surface area (Å²) in [5.74, 6) is 0.820. The van der Waals surface area contributed by atoms with Gasteiger partial charge in [0.1, 0.15) is 11.5 Å². The van der Waals surface area contributed by atoms with Crippen molar-refractivity contribution in [1.82, 2.24) is 0 Å². The molecule has 0 saturated carbocycles. The van der Waals surface area contributed by atoms with Crippen molar-refractivity contribution in [3.8, 4) is 11.5 Å². The first-order valence-corrected chi connectivity index (χ1v) is 10.4. The molecular weight excluding hydrogens is 584 g/mol. The second-order valence-corrected chi connectivity index (χ2v) is 9.05. The molecule has 1 amide bonds. The molecule has 2 aromatic carbocycles. The number of ether oxygens (including phenoxy) is 1. The highest BCUT2D eigenvalue weighted by atomic mass is 127. The second-order valence-electron chi connectivity index (χ2n) is 5.05. The molecule has 128 valence electrons. The van der Waals surface area contributed by atoms with Gasteiger partial charge in [0.2, 0.25) is 0 Å². The summed E-state index contributed by atoms with van der Waals surface area (Å²) in [5, 5.41) is 9.87. The number of phenols is 1. The highest BCUT2D eigenvalue weighted by Crippen LogP contribution is 2.37. The maximum atomic E-state index is 12.8. The number of hydrogen-bond acceptors (Lipinski definition) is 5. The monoisotopic (exact) mass is 595 g/mol. The summed E-state index contributed by atoms with van der Waals surface area (Å²) < 4.78 is 7.11. The number of hydrogen-bond donors (Lipinski definition) is 1. The maximum absolute atomic E-state index is 12.8. The number of carbonyl (C=O) groups excluding carboxylic acids is 1. The molecule has 1 saturated heterocycles. The largest absolute Gasteiger partial charge is 0.506 e. The van der Waals surface area contributed by atoms with Gasteiger partial charge in [-0.1, -0.05) is 24.0 Å². The van der Waals surface area contributed by atoms with Crippen LogP contribution >= 0.6 is 69.2 Å². The number of anilines is 1. The lowest BCUT2D eigenvalue weighted by molar-refractivity contribution is -0.113. The van der Waals surface area contributed by atoms with Crippen molar-refractivity contribution in [2.45, 2.75) is 0 Å². The van der Waals surface area contributed by atoms with Crippen molar-refractivity contribution in [1.29, 1.82) is 0 Å². The Morgan fingerprint density at radius 2 is 1.80 bits per heavy atom. The first-order chi connectivity index (χ1) is 11.9. The van der Waals surface area contributed by atoms with Gasteiger partial charge >= 0.3 is 0 Å². The summed E-state index contributed by atoms with van der Waals surface area (Å²) in [5.41, 5.74) is 1.56. The molecule has 1 aliphatic heterocycles. The molecule has 8 heteroatoms. The lowest BCUT2D eigenvalue weighted by Crippen LogP contribution is -2.27. The number of rotatable bonds is 3. The van der Waals surface area contributed by atoms with Crippen LogP contribution in [0.5, 0.6) is 11.5 Å². The summed E-state index contributed by atoms with van der Waals surface area (Å²) in [7, 11) is 1.59. The summed E-state index contributed by atoms with van der Waals surface area (Å²) in [6.45, 7) is 0. The molecule has 1 fully saturated rings. The van der Waals surface area contributed by atoms with Crippen LogP contribution in [-0.2, 0) is 4.79 Å². The predicted octanol–water partition coefficient (Wildman–Crippen LogP) is 5.02. The van der Waals surface area contributed by atoms with Crippen LogP contribution in [0.15, 0.2) is 41.3 Å². The predicted molar refractivity (Wildman–Crippen MR) is 122 cm³/mol. The molecule has 0 atom stereocenters. The van der Waals surface area contributed by atoms with Gasteiger partial charge in [0.15, 0.2) is 4.32 Å². The summed E-state index contributed by atoms with van der Waals surface area (Å²) >= 11 is 10.8. The van der Waals surface area contributed by atoms with E-state index in [0.29, 0.717) is 14.9 Å². The number of aromatic hydroxyl groups is 1. The molecule has 3 rings (SSSR count). The number of benzene rings is 2. The molecule has 25 heavy (non-hydrogen) atoms. The standard InChI is InChI=1S/C17H11I2NO3S2/c1-23-11-4-2-10(3-5-11)20-16(22)14(25-17(20)24)8-9-6-12(18)15(21)13(19)7-9/h2-8,21H,1H3/b14-8-. The normalized spacial score (nSPS) is 16.0. The van der Waals surface area contributed by atoms with E-state index in [1.165, 1.54) is 16.7 Å². The van der Waals surface area contributed by atoms with Gasteiger partial charge in [-0.2, -0.15) is 0 Å². The van der Waals surface area contributed by atoms with Gasteiger partial charge in [-0.15, -0.1) is 0 Å². The van der Waals surface area contributed by atoms with Crippen molar-refractivity contribution in [3.05, 3.63) is 54.0 Å². The van der Waals surface area contributed by atoms with Gasteiger partial charge in [0.25, 0.3) is 5.91 Å². The lowest BCUT2D eigenvalue weighted by Gasteiger charge is -2.14. The number of thioether (sulfide) groups is 1. The van der Waals surface area contributed by atoms with E-state index >= 15 is 0 Å². The number of carbonyl (C=O) groups is 1. The van der Waals surface area contributed by atoms with Crippen LogP contribution < -0.4 is 9.64 Å². The molecule has 0 spiro atoms. The Labute approximate surface area is 181 Å². The number of halogens is 2. The highest BCUT2D eigenvalue weighted by Gasteiger charge is 2.33. The van der Waals surface area contributed by atoms with E-state index in [2.05, 4.69) is 45.2 Å². The molecule has 4 nitrogen and oxygen atoms in total. The van der Waals surface area contributed by atoms with Gasteiger partial charge in [-0.3, -0.25) is 9.69 Å². The minimum atomic E-state index is -0.154. The Kier molecular flexibility index (Phi) is 5.91. The summed E-state index contributed by atoms with van der Waals surface area (Å²) in [6, 6.07) is 10.9. The van der Waals surface area contributed by atoms with Gasteiger partial charge in [0.05, 0.1) is 24.8 Å². The minimum absolute atomic E-state index is 0.154. The van der Waals surface area contributed by atoms with Crippen LogP contribution in [0.2, 0.25) is 0 Å². The van der Waals surface area contributed by atoms with Crippen molar-refractivity contribution in [2.24, 2.45) is 0 Å². The van der Waals surface area contributed by atoms with Gasteiger partial charge < -0.3 is 9.84 Å². The molecule has 0 aromatic heterocycles. The first kappa shape index (κ1) is 18.9. The zero-order valence-electron chi connectivity index (χ0n) is 12.8. The first-order valence-electron chi connectivity index (χ1n) is 7.00. The van der Waals surface area contributed by atoms with Gasteiger partial charge in [-0.05, 0) is 93.2 Å². The molecule has 0 radical (unpaired) electrons. The van der Waals surface area contributed by atoms with E-state index in [0.717, 1.165) is 18.5 Å². The Balaban J connectivity index is 1.92. The average Bonchev–Trinajstić information content (AvgIpc) is 2.86. The molecule has 1 aliphatic rings. The fraction of sp³-hybridized carbons (Fsp3) is 0.0588. The summed E-state index contributed by atoms with van der Waals surface area (Å²) in [4.78, 5) is 14.8. The van der Waals surface area contributed by atoms with Crippen LogP contribution in [0.25, 0.3) is 6.08 Å². The highest BCUT2D eigenvalue weighted by molar-refractivity contribution is 14.1. The Morgan fingerprint density at radius 1 is 1.20 bits per heavy atom. The van der Waals surface area contributed by atoms with E-state index in [1.807, 2.05) is 12.1 Å². The fourth-order valence-electron chi connectivity index (χ4n) is 2.24. The molecule has 0 aliphatic carbocycles. The molecule has 1 N–H and O–H groups in total. The van der Waals surface area contributed by atoms with Crippen molar-refractivity contribution in [3.63, 3.8) is 0 Å². The molecule has 2 aromatic rings.